The van der Waals surface area contributed by atoms with E-state index in [0.717, 1.165) is 64.0 Å². The van der Waals surface area contributed by atoms with Crippen molar-refractivity contribution in [2.45, 2.75) is 52.1 Å². The number of rotatable bonds is 9. The summed E-state index contributed by atoms with van der Waals surface area (Å²) in [4.78, 5) is 6.80. The smallest absolute Gasteiger partial charge is 0.193 e. The molecule has 1 rings (SSSR count). The third-order valence-corrected chi connectivity index (χ3v) is 4.50. The molecule has 6 heteroatoms. The van der Waals surface area contributed by atoms with E-state index in [2.05, 4.69) is 29.1 Å². The first-order valence-electron chi connectivity index (χ1n) is 8.81. The molecule has 1 aliphatic rings. The molecule has 0 atom stereocenters. The summed E-state index contributed by atoms with van der Waals surface area (Å²) in [5.74, 6) is 1.78. The zero-order chi connectivity index (χ0) is 16.2. The molecule has 0 bridgehead atoms. The zero-order valence-corrected chi connectivity index (χ0v) is 17.7. The van der Waals surface area contributed by atoms with Crippen molar-refractivity contribution in [3.8, 4) is 0 Å². The number of guanidine groups is 1. The fraction of sp³-hybridized carbons (Fsp3) is 0.941. The van der Waals surface area contributed by atoms with Gasteiger partial charge in [-0.05, 0) is 25.2 Å². The first-order chi connectivity index (χ1) is 10.7. The van der Waals surface area contributed by atoms with Crippen LogP contribution in [0.2, 0.25) is 0 Å². The van der Waals surface area contributed by atoms with Gasteiger partial charge in [0.1, 0.15) is 0 Å². The summed E-state index contributed by atoms with van der Waals surface area (Å²) in [6.07, 6.45) is 5.98. The van der Waals surface area contributed by atoms with Crippen molar-refractivity contribution in [1.29, 1.82) is 0 Å². The molecule has 0 aliphatic carbocycles. The minimum Gasteiger partial charge on any atom is -0.385 e. The topological polar surface area (TPSA) is 46.1 Å². The van der Waals surface area contributed by atoms with E-state index in [1.54, 1.807) is 7.11 Å². The quantitative estimate of drug-likeness (QED) is 0.259. The van der Waals surface area contributed by atoms with Gasteiger partial charge in [0.2, 0.25) is 0 Å². The Morgan fingerprint density at radius 3 is 2.39 bits per heavy atom. The molecule has 1 fully saturated rings. The van der Waals surface area contributed by atoms with Gasteiger partial charge < -0.3 is 19.7 Å². The van der Waals surface area contributed by atoms with Crippen molar-refractivity contribution < 1.29 is 9.47 Å². The summed E-state index contributed by atoms with van der Waals surface area (Å²) in [6.45, 7) is 9.17. The van der Waals surface area contributed by atoms with Crippen molar-refractivity contribution in [1.82, 2.24) is 10.2 Å². The van der Waals surface area contributed by atoms with Crippen LogP contribution in [0.4, 0.5) is 0 Å². The number of hydrogen-bond acceptors (Lipinski definition) is 3. The van der Waals surface area contributed by atoms with Gasteiger partial charge in [-0.25, -0.2) is 0 Å². The summed E-state index contributed by atoms with van der Waals surface area (Å²) in [5, 5.41) is 3.53. The second-order valence-corrected chi connectivity index (χ2v) is 6.01. The molecule has 0 unspecified atom stereocenters. The molecule has 0 spiro atoms. The molecular weight excluding hydrogens is 405 g/mol. The molecule has 0 saturated carbocycles. The summed E-state index contributed by atoms with van der Waals surface area (Å²) >= 11 is 0. The van der Waals surface area contributed by atoms with Crippen molar-refractivity contribution in [2.75, 3.05) is 47.0 Å². The molecule has 0 aromatic rings. The van der Waals surface area contributed by atoms with Crippen LogP contribution in [0, 0.1) is 5.92 Å². The second-order valence-electron chi connectivity index (χ2n) is 6.01. The molecule has 0 aromatic heterocycles. The van der Waals surface area contributed by atoms with E-state index in [9.17, 15) is 0 Å². The van der Waals surface area contributed by atoms with E-state index < -0.39 is 0 Å². The van der Waals surface area contributed by atoms with Crippen molar-refractivity contribution in [3.05, 3.63) is 0 Å². The Bertz CT molecular complexity index is 304. The number of nitrogens with zero attached hydrogens (tertiary/aromatic N) is 2. The summed E-state index contributed by atoms with van der Waals surface area (Å²) in [5.41, 5.74) is 0. The van der Waals surface area contributed by atoms with Gasteiger partial charge in [0.05, 0.1) is 6.10 Å². The number of likely N-dealkylation sites (tertiary alicyclic amines) is 1. The highest BCUT2D eigenvalue weighted by molar-refractivity contribution is 14.0. The van der Waals surface area contributed by atoms with Crippen LogP contribution < -0.4 is 5.32 Å². The maximum Gasteiger partial charge on any atom is 0.193 e. The predicted octanol–water partition coefficient (Wildman–Crippen LogP) is 3.13. The maximum absolute atomic E-state index is 5.91. The molecule has 0 aromatic carbocycles. The normalized spacial score (nSPS) is 16.6. The van der Waals surface area contributed by atoms with E-state index in [1.807, 2.05) is 7.05 Å². The second kappa shape index (κ2) is 14.3. The van der Waals surface area contributed by atoms with Crippen LogP contribution >= 0.6 is 24.0 Å². The van der Waals surface area contributed by atoms with Crippen molar-refractivity contribution >= 4 is 29.9 Å². The van der Waals surface area contributed by atoms with Crippen LogP contribution in [0.25, 0.3) is 0 Å². The van der Waals surface area contributed by atoms with Crippen molar-refractivity contribution in [2.24, 2.45) is 10.9 Å². The maximum atomic E-state index is 5.91. The molecule has 1 aliphatic heterocycles. The van der Waals surface area contributed by atoms with Crippen LogP contribution in [0.1, 0.15) is 46.0 Å². The van der Waals surface area contributed by atoms with E-state index in [1.165, 1.54) is 12.8 Å². The molecule has 1 saturated heterocycles. The zero-order valence-electron chi connectivity index (χ0n) is 15.3. The molecule has 1 N–H and O–H groups in total. The average molecular weight is 441 g/mol. The van der Waals surface area contributed by atoms with Gasteiger partial charge in [-0.1, -0.05) is 26.7 Å². The highest BCUT2D eigenvalue weighted by Gasteiger charge is 2.22. The minimum atomic E-state index is 0. The van der Waals surface area contributed by atoms with Crippen molar-refractivity contribution in [3.63, 3.8) is 0 Å². The standard InChI is InChI=1S/C17H35N3O2.HI/c1-5-15(6-2)14-19-17(18-3)20-10-8-16(9-11-20)22-13-7-12-21-4;/h15-16H,5-14H2,1-4H3,(H,18,19);1H. The van der Waals surface area contributed by atoms with E-state index in [-0.39, 0.29) is 24.0 Å². The molecule has 5 nitrogen and oxygen atoms in total. The van der Waals surface area contributed by atoms with Crippen LogP contribution in [0.3, 0.4) is 0 Å². The molecular formula is C17H36IN3O2. The van der Waals surface area contributed by atoms with Gasteiger partial charge in [-0.15, -0.1) is 24.0 Å². The van der Waals surface area contributed by atoms with Crippen LogP contribution in [-0.2, 0) is 9.47 Å². The minimum absolute atomic E-state index is 0. The van der Waals surface area contributed by atoms with Crippen LogP contribution in [-0.4, -0.2) is 64.0 Å². The summed E-state index contributed by atoms with van der Waals surface area (Å²) in [7, 11) is 3.61. The Morgan fingerprint density at radius 2 is 1.87 bits per heavy atom. The third-order valence-electron chi connectivity index (χ3n) is 4.50. The van der Waals surface area contributed by atoms with Gasteiger partial charge >= 0.3 is 0 Å². The monoisotopic (exact) mass is 441 g/mol. The Hall–Kier alpha value is -0.0800. The number of methoxy groups -OCH3 is 1. The SMILES string of the molecule is CCC(CC)CNC(=NC)N1CCC(OCCCOC)CC1.I. The number of ether oxygens (including phenoxy) is 2. The largest absolute Gasteiger partial charge is 0.385 e. The lowest BCUT2D eigenvalue weighted by Crippen LogP contribution is -2.48. The van der Waals surface area contributed by atoms with Crippen LogP contribution in [0.5, 0.6) is 0 Å². The Kier molecular flexibility index (Phi) is 14.2. The lowest BCUT2D eigenvalue weighted by molar-refractivity contribution is 0.00988. The Morgan fingerprint density at radius 1 is 1.22 bits per heavy atom. The molecule has 0 radical (unpaired) electrons. The van der Waals surface area contributed by atoms with E-state index in [0.29, 0.717) is 6.10 Å². The fourth-order valence-corrected chi connectivity index (χ4v) is 2.83. The van der Waals surface area contributed by atoms with Gasteiger partial charge in [0.25, 0.3) is 0 Å². The lowest BCUT2D eigenvalue weighted by atomic mass is 10.0. The molecule has 23 heavy (non-hydrogen) atoms. The third kappa shape index (κ3) is 9.10. The predicted molar refractivity (Wildman–Crippen MR) is 108 cm³/mol. The fourth-order valence-electron chi connectivity index (χ4n) is 2.83. The summed E-state index contributed by atoms with van der Waals surface area (Å²) in [6, 6.07) is 0. The van der Waals surface area contributed by atoms with Crippen LogP contribution in [0.15, 0.2) is 4.99 Å². The first kappa shape index (κ1) is 22.9. The number of hydrogen-bond donors (Lipinski definition) is 1. The van der Waals surface area contributed by atoms with Gasteiger partial charge in [0.15, 0.2) is 5.96 Å². The average Bonchev–Trinajstić information content (AvgIpc) is 2.57. The lowest BCUT2D eigenvalue weighted by Gasteiger charge is -2.34. The highest BCUT2D eigenvalue weighted by Crippen LogP contribution is 2.14. The first-order valence-corrected chi connectivity index (χ1v) is 8.81. The molecule has 138 valence electrons. The van der Waals surface area contributed by atoms with Gasteiger partial charge in [0, 0.05) is 47.0 Å². The number of nitrogens with one attached hydrogen (secondary N) is 1. The Labute approximate surface area is 159 Å². The highest BCUT2D eigenvalue weighted by atomic mass is 127. The Balaban J connectivity index is 0.00000484. The molecule has 0 amide bonds. The van der Waals surface area contributed by atoms with Gasteiger partial charge in [-0.2, -0.15) is 0 Å². The number of aliphatic imine (C=N–C) groups is 1. The molecule has 1 heterocycles. The van der Waals surface area contributed by atoms with E-state index >= 15 is 0 Å². The number of piperidine rings is 1. The van der Waals surface area contributed by atoms with E-state index in [4.69, 9.17) is 9.47 Å². The number of halogens is 1. The summed E-state index contributed by atoms with van der Waals surface area (Å²) < 4.78 is 11.0. The van der Waals surface area contributed by atoms with Gasteiger partial charge in [-0.3, -0.25) is 4.99 Å².